The number of benzene rings is 1. The molecule has 0 bridgehead atoms. The lowest BCUT2D eigenvalue weighted by Gasteiger charge is -2.16. The summed E-state index contributed by atoms with van der Waals surface area (Å²) in [7, 11) is 0. The van der Waals surface area contributed by atoms with E-state index in [9.17, 15) is 14.4 Å². The van der Waals surface area contributed by atoms with E-state index < -0.39 is 0 Å². The number of rotatable bonds is 3. The zero-order valence-corrected chi connectivity index (χ0v) is 15.2. The lowest BCUT2D eigenvalue weighted by molar-refractivity contribution is -0.122. The van der Waals surface area contributed by atoms with Crippen molar-refractivity contribution in [3.63, 3.8) is 0 Å². The highest BCUT2D eigenvalue weighted by molar-refractivity contribution is 7.12. The molecule has 3 amide bonds. The van der Waals surface area contributed by atoms with Crippen molar-refractivity contribution in [2.45, 2.75) is 12.8 Å². The van der Waals surface area contributed by atoms with Crippen LogP contribution in [0.5, 0.6) is 0 Å². The molecular weight excluding hydrogens is 372 g/mol. The molecule has 1 aromatic heterocycles. The molecule has 2 aromatic rings. The monoisotopic (exact) mass is 386 g/mol. The van der Waals surface area contributed by atoms with Crippen molar-refractivity contribution >= 4 is 52.0 Å². The molecule has 1 aliphatic carbocycles. The number of anilines is 2. The first kappa shape index (κ1) is 17.0. The van der Waals surface area contributed by atoms with Crippen LogP contribution in [0.3, 0.4) is 0 Å². The highest BCUT2D eigenvalue weighted by atomic mass is 35.5. The number of imide groups is 1. The number of halogens is 1. The van der Waals surface area contributed by atoms with Crippen molar-refractivity contribution in [3.05, 3.63) is 57.8 Å². The van der Waals surface area contributed by atoms with E-state index in [2.05, 4.69) is 5.32 Å². The number of allylic oxidation sites excluding steroid dienone is 2. The Labute approximate surface area is 159 Å². The third kappa shape index (κ3) is 2.85. The number of nitrogens with one attached hydrogen (secondary N) is 1. The zero-order valence-electron chi connectivity index (χ0n) is 13.6. The maximum Gasteiger partial charge on any atom is 0.265 e. The van der Waals surface area contributed by atoms with Gasteiger partial charge in [-0.1, -0.05) is 29.8 Å². The standard InChI is InChI=1S/C19H15ClN2O3S/c20-14-10-11(7-8-15(14)21-17(23)16-6-3-9-26-16)22-18(24)12-4-1-2-5-13(12)19(22)25/h1-3,6-10,12-13H,4-5H2,(H,21,23)/t12-,13-/m1/s1. The molecule has 1 aliphatic heterocycles. The van der Waals surface area contributed by atoms with Gasteiger partial charge in [-0.25, -0.2) is 4.90 Å². The van der Waals surface area contributed by atoms with Gasteiger partial charge in [-0.3, -0.25) is 14.4 Å². The molecule has 2 heterocycles. The average molecular weight is 387 g/mol. The SMILES string of the molecule is O=C(Nc1ccc(N2C(=O)[C@@H]3CC=CC[C@H]3C2=O)cc1Cl)c1cccs1. The Hall–Kier alpha value is -2.44. The van der Waals surface area contributed by atoms with Crippen LogP contribution in [0.15, 0.2) is 47.9 Å². The van der Waals surface area contributed by atoms with Gasteiger partial charge in [0.2, 0.25) is 11.8 Å². The molecule has 0 saturated carbocycles. The molecule has 1 saturated heterocycles. The van der Waals surface area contributed by atoms with Crippen LogP contribution in [0.1, 0.15) is 22.5 Å². The molecular formula is C19H15ClN2O3S. The minimum absolute atomic E-state index is 0.184. The lowest BCUT2D eigenvalue weighted by Crippen LogP contribution is -2.30. The first-order chi connectivity index (χ1) is 12.6. The summed E-state index contributed by atoms with van der Waals surface area (Å²) in [6, 6.07) is 8.31. The first-order valence-corrected chi connectivity index (χ1v) is 9.49. The summed E-state index contributed by atoms with van der Waals surface area (Å²) < 4.78 is 0. The van der Waals surface area contributed by atoms with Crippen molar-refractivity contribution < 1.29 is 14.4 Å². The Balaban J connectivity index is 1.57. The Bertz CT molecular complexity index is 897. The van der Waals surface area contributed by atoms with Crippen LogP contribution in [-0.2, 0) is 9.59 Å². The quantitative estimate of drug-likeness (QED) is 0.637. The number of carbonyl (C=O) groups is 3. The molecule has 132 valence electrons. The van der Waals surface area contributed by atoms with Gasteiger partial charge >= 0.3 is 0 Å². The molecule has 4 rings (SSSR count). The van der Waals surface area contributed by atoms with Crippen molar-refractivity contribution in [2.24, 2.45) is 11.8 Å². The largest absolute Gasteiger partial charge is 0.320 e. The fraction of sp³-hybridized carbons (Fsp3) is 0.211. The number of amides is 3. The third-order valence-corrected chi connectivity index (χ3v) is 5.89. The fourth-order valence-corrected chi connectivity index (χ4v) is 4.23. The summed E-state index contributed by atoms with van der Waals surface area (Å²) in [5.41, 5.74) is 0.875. The smallest absolute Gasteiger partial charge is 0.265 e. The van der Waals surface area contributed by atoms with E-state index >= 15 is 0 Å². The summed E-state index contributed by atoms with van der Waals surface area (Å²) in [6.45, 7) is 0. The second kappa shape index (κ2) is 6.70. The van der Waals surface area contributed by atoms with E-state index in [-0.39, 0.29) is 34.6 Å². The number of hydrogen-bond acceptors (Lipinski definition) is 4. The number of carbonyl (C=O) groups excluding carboxylic acids is 3. The van der Waals surface area contributed by atoms with Gasteiger partial charge in [0.1, 0.15) is 0 Å². The van der Waals surface area contributed by atoms with E-state index in [0.717, 1.165) is 0 Å². The molecule has 0 unspecified atom stereocenters. The number of fused-ring (bicyclic) bond motifs is 1. The molecule has 1 fully saturated rings. The van der Waals surface area contributed by atoms with Crippen molar-refractivity contribution in [3.8, 4) is 0 Å². The Morgan fingerprint density at radius 1 is 1.12 bits per heavy atom. The van der Waals surface area contributed by atoms with Gasteiger partial charge < -0.3 is 5.32 Å². The molecule has 2 aliphatic rings. The van der Waals surface area contributed by atoms with Crippen LogP contribution in [0, 0.1) is 11.8 Å². The summed E-state index contributed by atoms with van der Waals surface area (Å²) in [5, 5.41) is 4.84. The molecule has 0 spiro atoms. The average Bonchev–Trinajstić information content (AvgIpc) is 3.26. The van der Waals surface area contributed by atoms with E-state index in [1.54, 1.807) is 30.3 Å². The molecule has 0 radical (unpaired) electrons. The van der Waals surface area contributed by atoms with Crippen molar-refractivity contribution in [1.29, 1.82) is 0 Å². The van der Waals surface area contributed by atoms with Crippen LogP contribution in [0.25, 0.3) is 0 Å². The number of hydrogen-bond donors (Lipinski definition) is 1. The molecule has 2 atom stereocenters. The van der Waals surface area contributed by atoms with Crippen molar-refractivity contribution in [2.75, 3.05) is 10.2 Å². The molecule has 1 aromatic carbocycles. The second-order valence-electron chi connectivity index (χ2n) is 6.26. The predicted octanol–water partition coefficient (Wildman–Crippen LogP) is 4.11. The summed E-state index contributed by atoms with van der Waals surface area (Å²) >= 11 is 7.62. The molecule has 26 heavy (non-hydrogen) atoms. The summed E-state index contributed by atoms with van der Waals surface area (Å²) in [5.74, 6) is -1.19. The molecule has 7 heteroatoms. The van der Waals surface area contributed by atoms with Crippen molar-refractivity contribution in [1.82, 2.24) is 0 Å². The van der Waals surface area contributed by atoms with E-state index in [0.29, 0.717) is 29.1 Å². The highest BCUT2D eigenvalue weighted by Crippen LogP contribution is 2.39. The van der Waals surface area contributed by atoms with Gasteiger partial charge in [-0.15, -0.1) is 11.3 Å². The highest BCUT2D eigenvalue weighted by Gasteiger charge is 2.47. The van der Waals surface area contributed by atoms with Gasteiger partial charge in [0.25, 0.3) is 5.91 Å². The maximum absolute atomic E-state index is 12.6. The Kier molecular flexibility index (Phi) is 4.38. The van der Waals surface area contributed by atoms with Gasteiger partial charge in [-0.2, -0.15) is 0 Å². The summed E-state index contributed by atoms with van der Waals surface area (Å²) in [4.78, 5) is 39.2. The lowest BCUT2D eigenvalue weighted by atomic mass is 9.85. The Morgan fingerprint density at radius 2 is 1.81 bits per heavy atom. The minimum atomic E-state index is -0.288. The maximum atomic E-state index is 12.6. The Morgan fingerprint density at radius 3 is 2.38 bits per heavy atom. The topological polar surface area (TPSA) is 66.5 Å². The number of nitrogens with zero attached hydrogens (tertiary/aromatic N) is 1. The second-order valence-corrected chi connectivity index (χ2v) is 7.62. The molecule has 5 nitrogen and oxygen atoms in total. The zero-order chi connectivity index (χ0) is 18.3. The van der Waals surface area contributed by atoms with Crippen LogP contribution < -0.4 is 10.2 Å². The van der Waals surface area contributed by atoms with E-state index in [1.165, 1.54) is 16.2 Å². The third-order valence-electron chi connectivity index (χ3n) is 4.71. The van der Waals surface area contributed by atoms with E-state index in [1.807, 2.05) is 17.5 Å². The van der Waals surface area contributed by atoms with Crippen LogP contribution in [0.2, 0.25) is 5.02 Å². The molecule has 1 N–H and O–H groups in total. The van der Waals surface area contributed by atoms with E-state index in [4.69, 9.17) is 11.6 Å². The van der Waals surface area contributed by atoms with Gasteiger partial charge in [0.15, 0.2) is 0 Å². The minimum Gasteiger partial charge on any atom is -0.320 e. The number of thiophene rings is 1. The van der Waals surface area contributed by atoms with Crippen LogP contribution in [0.4, 0.5) is 11.4 Å². The predicted molar refractivity (Wildman–Crippen MR) is 102 cm³/mol. The van der Waals surface area contributed by atoms with Crippen LogP contribution >= 0.6 is 22.9 Å². The first-order valence-electron chi connectivity index (χ1n) is 8.23. The normalized spacial score (nSPS) is 21.8. The van der Waals surface area contributed by atoms with Gasteiger partial charge in [0, 0.05) is 0 Å². The van der Waals surface area contributed by atoms with Gasteiger partial charge in [0.05, 0.1) is 33.1 Å². The van der Waals surface area contributed by atoms with Gasteiger partial charge in [-0.05, 0) is 42.5 Å². The van der Waals surface area contributed by atoms with Crippen LogP contribution in [-0.4, -0.2) is 17.7 Å². The summed E-state index contributed by atoms with van der Waals surface area (Å²) in [6.07, 6.45) is 5.08. The fourth-order valence-electron chi connectivity index (χ4n) is 3.39.